The van der Waals surface area contributed by atoms with Crippen molar-refractivity contribution in [3.8, 4) is 5.75 Å². The van der Waals surface area contributed by atoms with Crippen LogP contribution < -0.4 is 10.1 Å². The SMILES string of the molecule is COc1ccccc1[C@H](NC(=O)c1ccc(C)c(C)c1)c1nccn1C. The summed E-state index contributed by atoms with van der Waals surface area (Å²) in [5, 5.41) is 3.11. The van der Waals surface area contributed by atoms with E-state index in [2.05, 4.69) is 10.3 Å². The number of benzene rings is 2. The van der Waals surface area contributed by atoms with Crippen LogP contribution in [0.4, 0.5) is 0 Å². The lowest BCUT2D eigenvalue weighted by Gasteiger charge is -2.21. The molecule has 1 aromatic heterocycles. The Labute approximate surface area is 153 Å². The standard InChI is InChI=1S/C21H23N3O2/c1-14-9-10-16(13-15(14)2)21(25)23-19(20-22-11-12-24(20)3)17-7-5-6-8-18(17)26-4/h5-13,19H,1-4H3,(H,23,25)/t19-/m0/s1. The number of aromatic nitrogens is 2. The fourth-order valence-electron chi connectivity index (χ4n) is 2.94. The van der Waals surface area contributed by atoms with E-state index in [1.807, 2.05) is 74.1 Å². The highest BCUT2D eigenvalue weighted by Crippen LogP contribution is 2.29. The molecule has 0 aliphatic rings. The number of rotatable bonds is 5. The number of nitrogens with one attached hydrogen (secondary N) is 1. The molecule has 1 atom stereocenters. The summed E-state index contributed by atoms with van der Waals surface area (Å²) in [7, 11) is 3.53. The van der Waals surface area contributed by atoms with E-state index in [-0.39, 0.29) is 5.91 Å². The van der Waals surface area contributed by atoms with Gasteiger partial charge in [0.2, 0.25) is 0 Å². The van der Waals surface area contributed by atoms with E-state index in [0.717, 1.165) is 22.5 Å². The number of aryl methyl sites for hydroxylation is 3. The zero-order valence-corrected chi connectivity index (χ0v) is 15.5. The highest BCUT2D eigenvalue weighted by atomic mass is 16.5. The number of nitrogens with zero attached hydrogens (tertiary/aromatic N) is 2. The molecule has 0 saturated carbocycles. The molecule has 5 heteroatoms. The van der Waals surface area contributed by atoms with Crippen molar-refractivity contribution in [2.45, 2.75) is 19.9 Å². The second kappa shape index (κ2) is 7.44. The van der Waals surface area contributed by atoms with Gasteiger partial charge in [-0.2, -0.15) is 0 Å². The molecule has 0 unspecified atom stereocenters. The Kier molecular flexibility index (Phi) is 5.07. The summed E-state index contributed by atoms with van der Waals surface area (Å²) in [6.07, 6.45) is 3.58. The topological polar surface area (TPSA) is 56.1 Å². The van der Waals surface area contributed by atoms with Gasteiger partial charge in [-0.05, 0) is 43.2 Å². The van der Waals surface area contributed by atoms with Crippen LogP contribution in [0.25, 0.3) is 0 Å². The van der Waals surface area contributed by atoms with Crippen LogP contribution in [0.5, 0.6) is 5.75 Å². The van der Waals surface area contributed by atoms with E-state index >= 15 is 0 Å². The summed E-state index contributed by atoms with van der Waals surface area (Å²) in [6, 6.07) is 13.0. The lowest BCUT2D eigenvalue weighted by atomic mass is 10.0. The Morgan fingerprint density at radius 3 is 2.58 bits per heavy atom. The molecule has 3 rings (SSSR count). The maximum atomic E-state index is 12.9. The molecule has 0 spiro atoms. The molecule has 5 nitrogen and oxygen atoms in total. The van der Waals surface area contributed by atoms with Crippen LogP contribution in [0.1, 0.15) is 38.9 Å². The second-order valence-electron chi connectivity index (χ2n) is 6.34. The van der Waals surface area contributed by atoms with E-state index in [1.54, 1.807) is 13.3 Å². The van der Waals surface area contributed by atoms with E-state index in [9.17, 15) is 4.79 Å². The lowest BCUT2D eigenvalue weighted by Crippen LogP contribution is -2.31. The molecule has 0 aliphatic carbocycles. The van der Waals surface area contributed by atoms with Gasteiger partial charge in [0.25, 0.3) is 5.91 Å². The van der Waals surface area contributed by atoms with Gasteiger partial charge < -0.3 is 14.6 Å². The molecule has 1 N–H and O–H groups in total. The number of methoxy groups -OCH3 is 1. The number of ether oxygens (including phenoxy) is 1. The normalized spacial score (nSPS) is 11.8. The summed E-state index contributed by atoms with van der Waals surface area (Å²) in [4.78, 5) is 17.3. The zero-order chi connectivity index (χ0) is 18.7. The van der Waals surface area contributed by atoms with Crippen molar-refractivity contribution < 1.29 is 9.53 Å². The van der Waals surface area contributed by atoms with Crippen molar-refractivity contribution >= 4 is 5.91 Å². The van der Waals surface area contributed by atoms with Crippen molar-refractivity contribution in [2.75, 3.05) is 7.11 Å². The quantitative estimate of drug-likeness (QED) is 0.766. The van der Waals surface area contributed by atoms with Crippen molar-refractivity contribution in [3.63, 3.8) is 0 Å². The van der Waals surface area contributed by atoms with Crippen LogP contribution >= 0.6 is 0 Å². The molecule has 1 heterocycles. The van der Waals surface area contributed by atoms with Crippen molar-refractivity contribution in [2.24, 2.45) is 7.05 Å². The molecule has 0 fully saturated rings. The first-order valence-corrected chi connectivity index (χ1v) is 8.49. The van der Waals surface area contributed by atoms with Crippen molar-refractivity contribution in [3.05, 3.63) is 82.9 Å². The van der Waals surface area contributed by atoms with Crippen LogP contribution in [0.2, 0.25) is 0 Å². The minimum Gasteiger partial charge on any atom is -0.496 e. The summed E-state index contributed by atoms with van der Waals surface area (Å²) in [6.45, 7) is 4.03. The molecular formula is C21H23N3O2. The van der Waals surface area contributed by atoms with E-state index in [4.69, 9.17) is 4.74 Å². The fraction of sp³-hybridized carbons (Fsp3) is 0.238. The van der Waals surface area contributed by atoms with Gasteiger partial charge in [0.15, 0.2) is 0 Å². The third kappa shape index (κ3) is 3.47. The smallest absolute Gasteiger partial charge is 0.252 e. The van der Waals surface area contributed by atoms with Crippen molar-refractivity contribution in [1.82, 2.24) is 14.9 Å². The third-order valence-electron chi connectivity index (χ3n) is 4.61. The Morgan fingerprint density at radius 1 is 1.15 bits per heavy atom. The Balaban J connectivity index is 2.00. The highest BCUT2D eigenvalue weighted by Gasteiger charge is 2.24. The molecule has 3 aromatic rings. The fourth-order valence-corrected chi connectivity index (χ4v) is 2.94. The van der Waals surface area contributed by atoms with Gasteiger partial charge in [-0.1, -0.05) is 24.3 Å². The van der Waals surface area contributed by atoms with E-state index in [1.165, 1.54) is 0 Å². The highest BCUT2D eigenvalue weighted by molar-refractivity contribution is 5.95. The Bertz CT molecular complexity index is 931. The number of para-hydroxylation sites is 1. The van der Waals surface area contributed by atoms with Gasteiger partial charge in [-0.15, -0.1) is 0 Å². The first kappa shape index (κ1) is 17.7. The van der Waals surface area contributed by atoms with Gasteiger partial charge >= 0.3 is 0 Å². The zero-order valence-electron chi connectivity index (χ0n) is 15.5. The van der Waals surface area contributed by atoms with E-state index < -0.39 is 6.04 Å². The summed E-state index contributed by atoms with van der Waals surface area (Å²) in [5.41, 5.74) is 3.74. The monoisotopic (exact) mass is 349 g/mol. The number of carbonyl (C=O) groups excluding carboxylic acids is 1. The molecule has 26 heavy (non-hydrogen) atoms. The number of amides is 1. The van der Waals surface area contributed by atoms with Gasteiger partial charge in [0.1, 0.15) is 17.6 Å². The average Bonchev–Trinajstić information content (AvgIpc) is 3.07. The molecule has 2 aromatic carbocycles. The average molecular weight is 349 g/mol. The first-order valence-electron chi connectivity index (χ1n) is 8.49. The Hall–Kier alpha value is -3.08. The molecule has 1 amide bonds. The minimum absolute atomic E-state index is 0.146. The van der Waals surface area contributed by atoms with Crippen LogP contribution in [-0.4, -0.2) is 22.6 Å². The van der Waals surface area contributed by atoms with Crippen LogP contribution in [-0.2, 0) is 7.05 Å². The molecule has 0 saturated heterocycles. The third-order valence-corrected chi connectivity index (χ3v) is 4.61. The molecular weight excluding hydrogens is 326 g/mol. The Morgan fingerprint density at radius 2 is 1.92 bits per heavy atom. The summed E-state index contributed by atoms with van der Waals surface area (Å²) < 4.78 is 7.40. The number of hydrogen-bond donors (Lipinski definition) is 1. The van der Waals surface area contributed by atoms with Gasteiger partial charge in [-0.3, -0.25) is 4.79 Å². The van der Waals surface area contributed by atoms with Gasteiger partial charge in [-0.25, -0.2) is 4.98 Å². The minimum atomic E-state index is -0.416. The maximum Gasteiger partial charge on any atom is 0.252 e. The van der Waals surface area contributed by atoms with Crippen molar-refractivity contribution in [1.29, 1.82) is 0 Å². The first-order chi connectivity index (χ1) is 12.5. The van der Waals surface area contributed by atoms with Gasteiger partial charge in [0.05, 0.1) is 7.11 Å². The van der Waals surface area contributed by atoms with E-state index in [0.29, 0.717) is 11.3 Å². The molecule has 0 aliphatic heterocycles. The van der Waals surface area contributed by atoms with Gasteiger partial charge in [0, 0.05) is 30.6 Å². The molecule has 0 bridgehead atoms. The molecule has 0 radical (unpaired) electrons. The number of hydrogen-bond acceptors (Lipinski definition) is 3. The molecule has 134 valence electrons. The predicted molar refractivity (Wildman–Crippen MR) is 101 cm³/mol. The number of carbonyl (C=O) groups is 1. The lowest BCUT2D eigenvalue weighted by molar-refractivity contribution is 0.0940. The predicted octanol–water partition coefficient (Wildman–Crippen LogP) is 3.56. The largest absolute Gasteiger partial charge is 0.496 e. The summed E-state index contributed by atoms with van der Waals surface area (Å²) in [5.74, 6) is 1.31. The van der Waals surface area contributed by atoms with Crippen LogP contribution in [0.15, 0.2) is 54.9 Å². The number of imidazole rings is 1. The van der Waals surface area contributed by atoms with Crippen LogP contribution in [0, 0.1) is 13.8 Å². The second-order valence-corrected chi connectivity index (χ2v) is 6.34. The summed E-state index contributed by atoms with van der Waals surface area (Å²) >= 11 is 0. The maximum absolute atomic E-state index is 12.9. The van der Waals surface area contributed by atoms with Crippen LogP contribution in [0.3, 0.4) is 0 Å².